The van der Waals surface area contributed by atoms with Crippen molar-refractivity contribution in [2.75, 3.05) is 0 Å². The minimum atomic E-state index is 0.630. The van der Waals surface area contributed by atoms with E-state index in [-0.39, 0.29) is 0 Å². The molecule has 0 saturated heterocycles. The highest BCUT2D eigenvalue weighted by Crippen LogP contribution is 2.19. The third-order valence-electron chi connectivity index (χ3n) is 3.07. The van der Waals surface area contributed by atoms with Crippen LogP contribution in [0.4, 0.5) is 0 Å². The van der Waals surface area contributed by atoms with Gasteiger partial charge in [-0.25, -0.2) is 0 Å². The summed E-state index contributed by atoms with van der Waals surface area (Å²) in [6.07, 6.45) is 1.70. The summed E-state index contributed by atoms with van der Waals surface area (Å²) in [5.41, 5.74) is 11.7. The molecule has 3 heteroatoms. The Morgan fingerprint density at radius 2 is 1.62 bits per heavy atom. The summed E-state index contributed by atoms with van der Waals surface area (Å²) in [7, 11) is 0. The van der Waals surface area contributed by atoms with E-state index in [0.29, 0.717) is 5.84 Å². The smallest absolute Gasteiger partial charge is 0.122 e. The van der Waals surface area contributed by atoms with Crippen molar-refractivity contribution in [2.24, 2.45) is 15.9 Å². The van der Waals surface area contributed by atoms with E-state index in [9.17, 15) is 0 Å². The van der Waals surface area contributed by atoms with Crippen molar-refractivity contribution in [1.82, 2.24) is 0 Å². The molecule has 1 aliphatic heterocycles. The fourth-order valence-corrected chi connectivity index (χ4v) is 1.93. The number of benzene rings is 1. The minimum Gasteiger partial charge on any atom is -0.386 e. The van der Waals surface area contributed by atoms with Gasteiger partial charge in [0.1, 0.15) is 5.84 Å². The summed E-state index contributed by atoms with van der Waals surface area (Å²) in [5.74, 6) is 0.630. The molecule has 0 spiro atoms. The summed E-state index contributed by atoms with van der Waals surface area (Å²) in [6, 6.07) is 4.40. The monoisotopic (exact) mass is 215 g/mol. The molecule has 1 aliphatic rings. The predicted octanol–water partition coefficient (Wildman–Crippen LogP) is 2.47. The van der Waals surface area contributed by atoms with Gasteiger partial charge in [-0.1, -0.05) is 6.07 Å². The van der Waals surface area contributed by atoms with Crippen LogP contribution in [0.15, 0.2) is 22.3 Å². The lowest BCUT2D eigenvalue weighted by Crippen LogP contribution is -2.18. The van der Waals surface area contributed by atoms with Crippen molar-refractivity contribution in [3.8, 4) is 0 Å². The molecule has 0 aromatic heterocycles. The van der Waals surface area contributed by atoms with Gasteiger partial charge in [0.05, 0.1) is 5.71 Å². The second-order valence-electron chi connectivity index (χ2n) is 4.39. The Bertz CT molecular complexity index is 484. The Labute approximate surface area is 96.1 Å². The quantitative estimate of drug-likeness (QED) is 0.768. The van der Waals surface area contributed by atoms with E-state index in [1.165, 1.54) is 22.3 Å². The fraction of sp³-hybridized carbons (Fsp3) is 0.385. The molecule has 0 aliphatic carbocycles. The molecule has 1 aromatic carbocycles. The van der Waals surface area contributed by atoms with Crippen molar-refractivity contribution in [1.29, 1.82) is 0 Å². The van der Waals surface area contributed by atoms with Gasteiger partial charge in [-0.3, -0.25) is 0 Å². The maximum absolute atomic E-state index is 5.61. The summed E-state index contributed by atoms with van der Waals surface area (Å²) in [5, 5.41) is 8.16. The molecule has 0 unspecified atom stereocenters. The molecule has 0 saturated carbocycles. The lowest BCUT2D eigenvalue weighted by molar-refractivity contribution is 1.02. The highest BCUT2D eigenvalue weighted by molar-refractivity contribution is 6.05. The van der Waals surface area contributed by atoms with Gasteiger partial charge in [0.15, 0.2) is 0 Å². The van der Waals surface area contributed by atoms with Crippen LogP contribution < -0.4 is 5.73 Å². The predicted molar refractivity (Wildman–Crippen MR) is 68.0 cm³/mol. The maximum Gasteiger partial charge on any atom is 0.122 e. The zero-order valence-electron chi connectivity index (χ0n) is 10.0. The molecule has 1 heterocycles. The van der Waals surface area contributed by atoms with E-state index in [4.69, 9.17) is 5.73 Å². The van der Waals surface area contributed by atoms with E-state index >= 15 is 0 Å². The van der Waals surface area contributed by atoms with Crippen LogP contribution in [-0.4, -0.2) is 11.5 Å². The molecule has 2 N–H and O–H groups in total. The molecule has 16 heavy (non-hydrogen) atoms. The van der Waals surface area contributed by atoms with Crippen LogP contribution in [0, 0.1) is 20.8 Å². The minimum absolute atomic E-state index is 0.630. The molecular formula is C13H17N3. The lowest BCUT2D eigenvalue weighted by Gasteiger charge is -2.14. The van der Waals surface area contributed by atoms with Gasteiger partial charge in [-0.2, -0.15) is 5.10 Å². The van der Waals surface area contributed by atoms with Gasteiger partial charge in [-0.15, -0.1) is 5.10 Å². The third kappa shape index (κ3) is 1.98. The standard InChI is InChI=1S/C13H17N3/c1-8-6-10(3)11(7-9(8)2)12-4-5-13(14)16-15-12/h6-7H,4-5H2,1-3H3,(H2,14,16). The molecule has 3 nitrogen and oxygen atoms in total. The van der Waals surface area contributed by atoms with Crippen molar-refractivity contribution < 1.29 is 0 Å². The Morgan fingerprint density at radius 3 is 2.25 bits per heavy atom. The lowest BCUT2D eigenvalue weighted by atomic mass is 9.95. The number of amidine groups is 1. The molecule has 0 atom stereocenters. The molecule has 0 amide bonds. The van der Waals surface area contributed by atoms with Crippen molar-refractivity contribution >= 4 is 11.5 Å². The van der Waals surface area contributed by atoms with Crippen LogP contribution in [0.3, 0.4) is 0 Å². The van der Waals surface area contributed by atoms with Crippen molar-refractivity contribution in [3.63, 3.8) is 0 Å². The van der Waals surface area contributed by atoms with Gasteiger partial charge in [0.2, 0.25) is 0 Å². The molecule has 2 rings (SSSR count). The molecular weight excluding hydrogens is 198 g/mol. The first-order valence-electron chi connectivity index (χ1n) is 5.55. The number of hydrogen-bond donors (Lipinski definition) is 1. The van der Waals surface area contributed by atoms with Gasteiger partial charge in [0, 0.05) is 12.0 Å². The normalized spacial score (nSPS) is 15.7. The van der Waals surface area contributed by atoms with E-state index in [1.54, 1.807) is 0 Å². The highest BCUT2D eigenvalue weighted by Gasteiger charge is 2.12. The van der Waals surface area contributed by atoms with E-state index in [2.05, 4.69) is 43.1 Å². The van der Waals surface area contributed by atoms with Crippen LogP contribution >= 0.6 is 0 Å². The zero-order chi connectivity index (χ0) is 11.7. The number of nitrogens with zero attached hydrogens (tertiary/aromatic N) is 2. The molecule has 1 aromatic rings. The van der Waals surface area contributed by atoms with Crippen LogP contribution in [-0.2, 0) is 0 Å². The molecule has 0 fully saturated rings. The number of hydrogen-bond acceptors (Lipinski definition) is 3. The van der Waals surface area contributed by atoms with Crippen LogP contribution in [0.1, 0.15) is 35.1 Å². The van der Waals surface area contributed by atoms with Crippen molar-refractivity contribution in [2.45, 2.75) is 33.6 Å². The molecule has 84 valence electrons. The topological polar surface area (TPSA) is 50.7 Å². The molecule has 0 bridgehead atoms. The van der Waals surface area contributed by atoms with E-state index in [0.717, 1.165) is 18.6 Å². The Balaban J connectivity index is 2.45. The van der Waals surface area contributed by atoms with E-state index in [1.807, 2.05) is 0 Å². The van der Waals surface area contributed by atoms with Crippen LogP contribution in [0.5, 0.6) is 0 Å². The first-order chi connectivity index (χ1) is 7.58. The number of nitrogens with two attached hydrogens (primary N) is 1. The molecule has 0 radical (unpaired) electrons. The van der Waals surface area contributed by atoms with Gasteiger partial charge < -0.3 is 5.73 Å². The highest BCUT2D eigenvalue weighted by atomic mass is 15.2. The SMILES string of the molecule is Cc1cc(C)c(C2=NN=C(N)CC2)cc1C. The zero-order valence-corrected chi connectivity index (χ0v) is 10.0. The third-order valence-corrected chi connectivity index (χ3v) is 3.07. The van der Waals surface area contributed by atoms with E-state index < -0.39 is 0 Å². The summed E-state index contributed by atoms with van der Waals surface area (Å²) in [4.78, 5) is 0. The van der Waals surface area contributed by atoms with Gasteiger partial charge in [0.25, 0.3) is 0 Å². The summed E-state index contributed by atoms with van der Waals surface area (Å²) < 4.78 is 0. The first-order valence-corrected chi connectivity index (χ1v) is 5.55. The summed E-state index contributed by atoms with van der Waals surface area (Å²) >= 11 is 0. The first kappa shape index (κ1) is 10.9. The number of aryl methyl sites for hydroxylation is 3. The second kappa shape index (κ2) is 4.08. The largest absolute Gasteiger partial charge is 0.386 e. The average Bonchev–Trinajstić information content (AvgIpc) is 2.25. The number of rotatable bonds is 1. The maximum atomic E-state index is 5.61. The fourth-order valence-electron chi connectivity index (χ4n) is 1.93. The van der Waals surface area contributed by atoms with Crippen molar-refractivity contribution in [3.05, 3.63) is 34.4 Å². The Kier molecular flexibility index (Phi) is 2.77. The van der Waals surface area contributed by atoms with Crippen LogP contribution in [0.2, 0.25) is 0 Å². The second-order valence-corrected chi connectivity index (χ2v) is 4.39. The van der Waals surface area contributed by atoms with Crippen LogP contribution in [0.25, 0.3) is 0 Å². The van der Waals surface area contributed by atoms with Gasteiger partial charge in [-0.05, 0) is 49.9 Å². The van der Waals surface area contributed by atoms with Gasteiger partial charge >= 0.3 is 0 Å². The summed E-state index contributed by atoms with van der Waals surface area (Å²) in [6.45, 7) is 6.37. The Morgan fingerprint density at radius 1 is 0.938 bits per heavy atom. The average molecular weight is 215 g/mol. The Hall–Kier alpha value is -1.64.